The van der Waals surface area contributed by atoms with E-state index in [0.29, 0.717) is 24.0 Å². The number of nitrogens with zero attached hydrogens (tertiary/aromatic N) is 2. The Kier molecular flexibility index (Phi) is 5.58. The number of carbonyl (C=O) groups is 2. The second-order valence-electron chi connectivity index (χ2n) is 7.01. The number of aryl methyl sites for hydroxylation is 2. The Morgan fingerprint density at radius 1 is 1.26 bits per heavy atom. The molecular weight excluding hydrogens is 344 g/mol. The van der Waals surface area contributed by atoms with Crippen molar-refractivity contribution in [2.45, 2.75) is 45.6 Å². The summed E-state index contributed by atoms with van der Waals surface area (Å²) in [6.45, 7) is 3.48. The maximum Gasteiger partial charge on any atom is 0.258 e. The topological polar surface area (TPSA) is 83.9 Å². The summed E-state index contributed by atoms with van der Waals surface area (Å²) in [5.74, 6) is -0.100. The van der Waals surface area contributed by atoms with Gasteiger partial charge in [0.25, 0.3) is 5.91 Å². The van der Waals surface area contributed by atoms with Gasteiger partial charge in [0, 0.05) is 23.7 Å². The Morgan fingerprint density at radius 2 is 1.96 bits per heavy atom. The lowest BCUT2D eigenvalue weighted by molar-refractivity contribution is -0.116. The zero-order chi connectivity index (χ0) is 19.6. The maximum absolute atomic E-state index is 13.1. The standard InChI is InChI=1S/C21H23N2O4/c1-14-8-10-17-13-20(23(26)27)18(11-9-15(2)24)12-19(17)22(14)21(25)16-6-4-3-5-7-16/h3-7,12-14,26H,8-11H2,1-2H3/q-1/t14-/m1/s1. The molecule has 0 bridgehead atoms. The van der Waals surface area contributed by atoms with Crippen molar-refractivity contribution in [1.29, 1.82) is 0 Å². The number of fused-ring (bicyclic) bond motifs is 1. The zero-order valence-corrected chi connectivity index (χ0v) is 15.5. The van der Waals surface area contributed by atoms with Crippen molar-refractivity contribution in [2.75, 3.05) is 10.1 Å². The molecule has 1 amide bonds. The Balaban J connectivity index is 2.06. The van der Waals surface area contributed by atoms with Crippen molar-refractivity contribution in [1.82, 2.24) is 0 Å². The van der Waals surface area contributed by atoms with Crippen molar-refractivity contribution in [2.24, 2.45) is 0 Å². The fraction of sp³-hybridized carbons (Fsp3) is 0.333. The predicted octanol–water partition coefficient (Wildman–Crippen LogP) is 3.88. The molecule has 0 radical (unpaired) electrons. The first-order valence-electron chi connectivity index (χ1n) is 9.08. The second kappa shape index (κ2) is 7.90. The molecule has 3 rings (SSSR count). The van der Waals surface area contributed by atoms with Gasteiger partial charge in [0.05, 0.1) is 5.69 Å². The number of hydrogen-bond acceptors (Lipinski definition) is 5. The SMILES string of the molecule is CC(=O)CCc1cc2c(cc1N([O-])O)CC[C@@H](C)N2C(=O)c1ccccc1. The minimum absolute atomic E-state index is 0.000328. The van der Waals surface area contributed by atoms with Gasteiger partial charge < -0.3 is 20.1 Å². The largest absolute Gasteiger partial charge is 0.733 e. The summed E-state index contributed by atoms with van der Waals surface area (Å²) in [6, 6.07) is 12.5. The molecule has 0 spiro atoms. The van der Waals surface area contributed by atoms with Gasteiger partial charge in [-0.15, -0.1) is 0 Å². The quantitative estimate of drug-likeness (QED) is 0.811. The van der Waals surface area contributed by atoms with Gasteiger partial charge in [-0.2, -0.15) is 0 Å². The molecule has 0 unspecified atom stereocenters. The van der Waals surface area contributed by atoms with E-state index in [1.54, 1.807) is 29.2 Å². The van der Waals surface area contributed by atoms with E-state index in [1.165, 1.54) is 6.92 Å². The van der Waals surface area contributed by atoms with Crippen molar-refractivity contribution < 1.29 is 14.8 Å². The highest BCUT2D eigenvalue weighted by molar-refractivity contribution is 6.07. The lowest BCUT2D eigenvalue weighted by Crippen LogP contribution is -2.42. The fourth-order valence-electron chi connectivity index (χ4n) is 3.54. The minimum atomic E-state index is -0.156. The molecular formula is C21H23N2O4-. The summed E-state index contributed by atoms with van der Waals surface area (Å²) in [6.07, 6.45) is 2.08. The molecule has 0 fully saturated rings. The Bertz CT molecular complexity index is 849. The molecule has 6 heteroatoms. The highest BCUT2D eigenvalue weighted by Gasteiger charge is 2.30. The molecule has 2 aromatic rings. The number of Topliss-reactive ketones (excluding diaryl/α,β-unsaturated/α-hetero) is 1. The van der Waals surface area contributed by atoms with Gasteiger partial charge >= 0.3 is 0 Å². The molecule has 0 aromatic heterocycles. The number of amides is 1. The van der Waals surface area contributed by atoms with Crippen LogP contribution in [0.15, 0.2) is 42.5 Å². The summed E-state index contributed by atoms with van der Waals surface area (Å²) in [5, 5.41) is 20.9. The van der Waals surface area contributed by atoms with Gasteiger partial charge in [0.1, 0.15) is 5.78 Å². The van der Waals surface area contributed by atoms with E-state index in [0.717, 1.165) is 17.7 Å². The summed E-state index contributed by atoms with van der Waals surface area (Å²) >= 11 is 0. The molecule has 0 saturated carbocycles. The third-order valence-electron chi connectivity index (χ3n) is 5.00. The van der Waals surface area contributed by atoms with Gasteiger partial charge in [0.15, 0.2) is 0 Å². The van der Waals surface area contributed by atoms with Crippen LogP contribution >= 0.6 is 0 Å². The monoisotopic (exact) mass is 367 g/mol. The van der Waals surface area contributed by atoms with Crippen LogP contribution in [0.1, 0.15) is 48.2 Å². The van der Waals surface area contributed by atoms with Crippen LogP contribution in [0.5, 0.6) is 0 Å². The number of hydrogen-bond donors (Lipinski definition) is 1. The molecule has 2 aromatic carbocycles. The lowest BCUT2D eigenvalue weighted by Gasteiger charge is -2.37. The third kappa shape index (κ3) is 4.02. The van der Waals surface area contributed by atoms with Gasteiger partial charge in [-0.05, 0) is 68.5 Å². The normalized spacial score (nSPS) is 16.0. The van der Waals surface area contributed by atoms with Gasteiger partial charge in [-0.3, -0.25) is 10.0 Å². The molecule has 1 atom stereocenters. The maximum atomic E-state index is 13.1. The van der Waals surface area contributed by atoms with E-state index in [2.05, 4.69) is 0 Å². The number of ketones is 1. The van der Waals surface area contributed by atoms with Crippen LogP contribution in [-0.4, -0.2) is 22.9 Å². The van der Waals surface area contributed by atoms with E-state index < -0.39 is 0 Å². The van der Waals surface area contributed by atoms with E-state index in [1.807, 2.05) is 25.1 Å². The first-order valence-corrected chi connectivity index (χ1v) is 9.08. The average Bonchev–Trinajstić information content (AvgIpc) is 2.65. The Labute approximate surface area is 158 Å². The van der Waals surface area contributed by atoms with Gasteiger partial charge in [-0.25, -0.2) is 0 Å². The average molecular weight is 367 g/mol. The second-order valence-corrected chi connectivity index (χ2v) is 7.01. The lowest BCUT2D eigenvalue weighted by atomic mass is 9.92. The zero-order valence-electron chi connectivity index (χ0n) is 15.5. The van der Waals surface area contributed by atoms with Crippen molar-refractivity contribution in [3.05, 3.63) is 64.4 Å². The van der Waals surface area contributed by atoms with E-state index >= 15 is 0 Å². The smallest absolute Gasteiger partial charge is 0.258 e. The van der Waals surface area contributed by atoms with Crippen LogP contribution in [0.25, 0.3) is 0 Å². The Hall–Kier alpha value is -2.70. The van der Waals surface area contributed by atoms with E-state index in [-0.39, 0.29) is 35.1 Å². The molecule has 6 nitrogen and oxygen atoms in total. The third-order valence-corrected chi connectivity index (χ3v) is 5.00. The number of benzene rings is 2. The number of anilines is 2. The highest BCUT2D eigenvalue weighted by Crippen LogP contribution is 2.37. The summed E-state index contributed by atoms with van der Waals surface area (Å²) in [7, 11) is 0. The van der Waals surface area contributed by atoms with E-state index in [9.17, 15) is 20.0 Å². The van der Waals surface area contributed by atoms with Crippen LogP contribution < -0.4 is 10.1 Å². The van der Waals surface area contributed by atoms with Crippen molar-refractivity contribution in [3.8, 4) is 0 Å². The minimum Gasteiger partial charge on any atom is -0.733 e. The predicted molar refractivity (Wildman–Crippen MR) is 104 cm³/mol. The van der Waals surface area contributed by atoms with Crippen molar-refractivity contribution in [3.63, 3.8) is 0 Å². The molecule has 1 heterocycles. The summed E-state index contributed by atoms with van der Waals surface area (Å²) in [4.78, 5) is 26.2. The number of carbonyl (C=O) groups excluding carboxylic acids is 2. The Morgan fingerprint density at radius 3 is 2.59 bits per heavy atom. The fourth-order valence-corrected chi connectivity index (χ4v) is 3.54. The first kappa shape index (κ1) is 19.1. The van der Waals surface area contributed by atoms with Gasteiger partial charge in [0.2, 0.25) is 0 Å². The molecule has 0 saturated heterocycles. The van der Waals surface area contributed by atoms with Crippen LogP contribution in [0.3, 0.4) is 0 Å². The molecule has 1 aliphatic heterocycles. The molecule has 1 aliphatic rings. The molecule has 142 valence electrons. The highest BCUT2D eigenvalue weighted by atomic mass is 16.8. The van der Waals surface area contributed by atoms with Crippen LogP contribution in [0.2, 0.25) is 0 Å². The van der Waals surface area contributed by atoms with Crippen LogP contribution in [-0.2, 0) is 17.6 Å². The van der Waals surface area contributed by atoms with E-state index in [4.69, 9.17) is 0 Å². The first-order chi connectivity index (χ1) is 12.9. The van der Waals surface area contributed by atoms with Crippen LogP contribution in [0, 0.1) is 5.21 Å². The van der Waals surface area contributed by atoms with Crippen molar-refractivity contribution >= 4 is 23.1 Å². The van der Waals surface area contributed by atoms with Gasteiger partial charge in [-0.1, -0.05) is 18.2 Å². The summed E-state index contributed by atoms with van der Waals surface area (Å²) in [5.41, 5.74) is 2.87. The molecule has 0 aliphatic carbocycles. The van der Waals surface area contributed by atoms with Crippen LogP contribution in [0.4, 0.5) is 11.4 Å². The summed E-state index contributed by atoms with van der Waals surface area (Å²) < 4.78 is 0. The molecule has 27 heavy (non-hydrogen) atoms. The molecule has 1 N–H and O–H groups in total. The number of rotatable bonds is 5.